The lowest BCUT2D eigenvalue weighted by Gasteiger charge is -2.36. The predicted molar refractivity (Wildman–Crippen MR) is 71.9 cm³/mol. The number of hydrogen-bond donors (Lipinski definition) is 0. The molecule has 94 valence electrons. The smallest absolute Gasteiger partial charge is 0.222 e. The Labute approximate surface area is 108 Å². The molecule has 1 heterocycles. The van der Waals surface area contributed by atoms with Crippen molar-refractivity contribution in [2.45, 2.75) is 64.3 Å². The molecule has 0 N–H and O–H groups in total. The zero-order chi connectivity index (χ0) is 11.8. The average Bonchev–Trinajstić information content (AvgIpc) is 2.30. The van der Waals surface area contributed by atoms with Gasteiger partial charge in [-0.25, -0.2) is 0 Å². The number of likely N-dealkylation sites (tertiary alicyclic amines) is 1. The maximum Gasteiger partial charge on any atom is 0.222 e. The van der Waals surface area contributed by atoms with E-state index in [0.717, 1.165) is 31.1 Å². The third-order valence-electron chi connectivity index (χ3n) is 3.34. The van der Waals surface area contributed by atoms with Crippen LogP contribution in [0, 0.1) is 0 Å². The Morgan fingerprint density at radius 1 is 1.38 bits per heavy atom. The van der Waals surface area contributed by atoms with E-state index in [9.17, 15) is 4.79 Å². The molecular formula is C13H24BrNO. The van der Waals surface area contributed by atoms with Gasteiger partial charge >= 0.3 is 0 Å². The SMILES string of the molecule is CCCC1CCCCN1C(=O)CCCCBr. The van der Waals surface area contributed by atoms with Crippen LogP contribution in [0.25, 0.3) is 0 Å². The maximum atomic E-state index is 12.1. The zero-order valence-electron chi connectivity index (χ0n) is 10.4. The van der Waals surface area contributed by atoms with Crippen molar-refractivity contribution in [2.24, 2.45) is 0 Å². The molecule has 1 amide bonds. The topological polar surface area (TPSA) is 20.3 Å². The Kier molecular flexibility index (Phi) is 7.10. The van der Waals surface area contributed by atoms with Crippen LogP contribution in [0.3, 0.4) is 0 Å². The van der Waals surface area contributed by atoms with Crippen LogP contribution in [-0.4, -0.2) is 28.7 Å². The molecule has 1 unspecified atom stereocenters. The summed E-state index contributed by atoms with van der Waals surface area (Å²) in [6.07, 6.45) is 8.97. The second kappa shape index (κ2) is 8.10. The molecule has 1 saturated heterocycles. The highest BCUT2D eigenvalue weighted by molar-refractivity contribution is 9.09. The van der Waals surface area contributed by atoms with E-state index < -0.39 is 0 Å². The number of rotatable bonds is 6. The minimum absolute atomic E-state index is 0.388. The van der Waals surface area contributed by atoms with Crippen molar-refractivity contribution in [2.75, 3.05) is 11.9 Å². The fraction of sp³-hybridized carbons (Fsp3) is 0.923. The second-order valence-electron chi connectivity index (χ2n) is 4.67. The number of unbranched alkanes of at least 4 members (excludes halogenated alkanes) is 1. The van der Waals surface area contributed by atoms with Gasteiger partial charge in [-0.15, -0.1) is 0 Å². The summed E-state index contributed by atoms with van der Waals surface area (Å²) < 4.78 is 0. The van der Waals surface area contributed by atoms with Crippen molar-refractivity contribution >= 4 is 21.8 Å². The van der Waals surface area contributed by atoms with Gasteiger partial charge in [0.05, 0.1) is 0 Å². The Bertz CT molecular complexity index is 206. The van der Waals surface area contributed by atoms with Crippen LogP contribution < -0.4 is 0 Å². The highest BCUT2D eigenvalue weighted by Crippen LogP contribution is 2.22. The lowest BCUT2D eigenvalue weighted by Crippen LogP contribution is -2.43. The molecule has 0 radical (unpaired) electrons. The average molecular weight is 290 g/mol. The van der Waals surface area contributed by atoms with E-state index in [1.165, 1.54) is 32.1 Å². The van der Waals surface area contributed by atoms with E-state index in [2.05, 4.69) is 27.8 Å². The summed E-state index contributed by atoms with van der Waals surface area (Å²) in [5, 5.41) is 1.01. The Morgan fingerprint density at radius 3 is 2.88 bits per heavy atom. The third kappa shape index (κ3) is 4.44. The number of hydrogen-bond acceptors (Lipinski definition) is 1. The van der Waals surface area contributed by atoms with E-state index >= 15 is 0 Å². The van der Waals surface area contributed by atoms with Gasteiger partial charge in [0.15, 0.2) is 0 Å². The number of piperidine rings is 1. The first-order valence-electron chi connectivity index (χ1n) is 6.65. The summed E-state index contributed by atoms with van der Waals surface area (Å²) in [7, 11) is 0. The highest BCUT2D eigenvalue weighted by atomic mass is 79.9. The summed E-state index contributed by atoms with van der Waals surface area (Å²) >= 11 is 3.41. The molecule has 3 heteroatoms. The lowest BCUT2D eigenvalue weighted by molar-refractivity contribution is -0.135. The monoisotopic (exact) mass is 289 g/mol. The first-order chi connectivity index (χ1) is 7.79. The lowest BCUT2D eigenvalue weighted by atomic mass is 9.97. The molecule has 0 aliphatic carbocycles. The molecule has 0 spiro atoms. The van der Waals surface area contributed by atoms with Crippen molar-refractivity contribution in [3.05, 3.63) is 0 Å². The molecule has 1 atom stereocenters. The van der Waals surface area contributed by atoms with E-state index in [-0.39, 0.29) is 0 Å². The molecule has 0 aromatic carbocycles. The first-order valence-corrected chi connectivity index (χ1v) is 7.77. The zero-order valence-corrected chi connectivity index (χ0v) is 12.0. The first kappa shape index (κ1) is 14.0. The standard InChI is InChI=1S/C13H24BrNO/c1-2-7-12-8-4-6-11-15(12)13(16)9-3-5-10-14/h12H,2-11H2,1H3. The molecule has 0 bridgehead atoms. The van der Waals surface area contributed by atoms with Crippen molar-refractivity contribution in [3.63, 3.8) is 0 Å². The predicted octanol–water partition coefficient (Wildman–Crippen LogP) is 3.73. The van der Waals surface area contributed by atoms with E-state index in [0.29, 0.717) is 11.9 Å². The molecule has 1 aliphatic rings. The number of carbonyl (C=O) groups is 1. The maximum absolute atomic E-state index is 12.1. The minimum Gasteiger partial charge on any atom is -0.340 e. The molecular weight excluding hydrogens is 266 g/mol. The van der Waals surface area contributed by atoms with Crippen molar-refractivity contribution in [1.29, 1.82) is 0 Å². The summed E-state index contributed by atoms with van der Waals surface area (Å²) in [5.74, 6) is 0.388. The summed E-state index contributed by atoms with van der Waals surface area (Å²) in [6, 6.07) is 0.537. The van der Waals surface area contributed by atoms with Crippen molar-refractivity contribution < 1.29 is 4.79 Å². The molecule has 0 aromatic rings. The van der Waals surface area contributed by atoms with Crippen molar-refractivity contribution in [1.82, 2.24) is 4.90 Å². The van der Waals surface area contributed by atoms with Crippen LogP contribution in [0.4, 0.5) is 0 Å². The Morgan fingerprint density at radius 2 is 2.19 bits per heavy atom. The molecule has 0 saturated carbocycles. The summed E-state index contributed by atoms with van der Waals surface area (Å²) in [4.78, 5) is 14.2. The van der Waals surface area contributed by atoms with E-state index in [1.807, 2.05) is 0 Å². The fourth-order valence-electron chi connectivity index (χ4n) is 2.48. The van der Waals surface area contributed by atoms with Crippen LogP contribution in [-0.2, 0) is 4.79 Å². The van der Waals surface area contributed by atoms with Gasteiger partial charge in [-0.05, 0) is 38.5 Å². The fourth-order valence-corrected chi connectivity index (χ4v) is 2.87. The quantitative estimate of drug-likeness (QED) is 0.539. The van der Waals surface area contributed by atoms with Gasteiger partial charge < -0.3 is 4.90 Å². The number of nitrogens with zero attached hydrogens (tertiary/aromatic N) is 1. The van der Waals surface area contributed by atoms with Crippen LogP contribution in [0.15, 0.2) is 0 Å². The van der Waals surface area contributed by atoms with Gasteiger partial charge in [0.1, 0.15) is 0 Å². The number of carbonyl (C=O) groups excluding carboxylic acids is 1. The van der Waals surface area contributed by atoms with Crippen LogP contribution in [0.1, 0.15) is 58.3 Å². The summed E-state index contributed by atoms with van der Waals surface area (Å²) in [6.45, 7) is 3.21. The van der Waals surface area contributed by atoms with Gasteiger partial charge in [-0.1, -0.05) is 29.3 Å². The van der Waals surface area contributed by atoms with Crippen molar-refractivity contribution in [3.8, 4) is 0 Å². The highest BCUT2D eigenvalue weighted by Gasteiger charge is 2.25. The van der Waals surface area contributed by atoms with E-state index in [1.54, 1.807) is 0 Å². The van der Waals surface area contributed by atoms with Gasteiger partial charge in [0.25, 0.3) is 0 Å². The molecule has 1 rings (SSSR count). The molecule has 0 aromatic heterocycles. The molecule has 1 fully saturated rings. The van der Waals surface area contributed by atoms with E-state index in [4.69, 9.17) is 0 Å². The van der Waals surface area contributed by atoms with Gasteiger partial charge in [-0.2, -0.15) is 0 Å². The Hall–Kier alpha value is -0.0500. The normalized spacial score (nSPS) is 21.1. The van der Waals surface area contributed by atoms with Crippen LogP contribution >= 0.6 is 15.9 Å². The van der Waals surface area contributed by atoms with Gasteiger partial charge in [-0.3, -0.25) is 4.79 Å². The minimum atomic E-state index is 0.388. The molecule has 16 heavy (non-hydrogen) atoms. The van der Waals surface area contributed by atoms with Crippen LogP contribution in [0.2, 0.25) is 0 Å². The second-order valence-corrected chi connectivity index (χ2v) is 5.46. The third-order valence-corrected chi connectivity index (χ3v) is 3.90. The van der Waals surface area contributed by atoms with Crippen LogP contribution in [0.5, 0.6) is 0 Å². The van der Waals surface area contributed by atoms with Gasteiger partial charge in [0, 0.05) is 24.3 Å². The largest absolute Gasteiger partial charge is 0.340 e. The van der Waals surface area contributed by atoms with Gasteiger partial charge in [0.2, 0.25) is 5.91 Å². The number of amides is 1. The molecule has 2 nitrogen and oxygen atoms in total. The number of alkyl halides is 1. The Balaban J connectivity index is 2.37. The number of halogens is 1. The molecule has 1 aliphatic heterocycles. The summed E-state index contributed by atoms with van der Waals surface area (Å²) in [5.41, 5.74) is 0.